The zero-order valence-electron chi connectivity index (χ0n) is 16.7. The van der Waals surface area contributed by atoms with Crippen LogP contribution >= 0.6 is 11.3 Å². The standard InChI is InChI=1S/C21H27N3O3S/c1-14(22-20(26)27-21(2,3)4)19(25)23-16-5-7-17(8-6-16)24-11-9-18-15(13-24)10-12-28-18/h5-8,10,12,14H,9,11,13H2,1-4H3,(H,22,26)(H,23,25). The number of ether oxygens (including phenoxy) is 1. The SMILES string of the molecule is CC(NC(=O)OC(C)(C)C)C(=O)Nc1ccc(N2CCc3sccc3C2)cc1. The number of benzene rings is 1. The predicted molar refractivity (Wildman–Crippen MR) is 113 cm³/mol. The molecular formula is C21H27N3O3S. The lowest BCUT2D eigenvalue weighted by atomic mass is 10.1. The largest absolute Gasteiger partial charge is 0.444 e. The molecular weight excluding hydrogens is 374 g/mol. The first-order chi connectivity index (χ1) is 13.2. The Kier molecular flexibility index (Phi) is 5.93. The third-order valence-corrected chi connectivity index (χ3v) is 5.46. The van der Waals surface area contributed by atoms with Crippen LogP contribution in [0.3, 0.4) is 0 Å². The van der Waals surface area contributed by atoms with E-state index < -0.39 is 17.7 Å². The van der Waals surface area contributed by atoms with Crippen molar-refractivity contribution in [3.8, 4) is 0 Å². The van der Waals surface area contributed by atoms with Crippen molar-refractivity contribution in [2.45, 2.75) is 52.3 Å². The number of nitrogens with zero attached hydrogens (tertiary/aromatic N) is 1. The Labute approximate surface area is 169 Å². The zero-order valence-corrected chi connectivity index (χ0v) is 17.6. The fourth-order valence-corrected chi connectivity index (χ4v) is 3.91. The molecule has 0 fully saturated rings. The van der Waals surface area contributed by atoms with Crippen LogP contribution in [0.25, 0.3) is 0 Å². The first-order valence-electron chi connectivity index (χ1n) is 9.42. The number of rotatable bonds is 4. The van der Waals surface area contributed by atoms with Crippen LogP contribution in [0.5, 0.6) is 0 Å². The van der Waals surface area contributed by atoms with Gasteiger partial charge in [-0.25, -0.2) is 4.79 Å². The number of carbonyl (C=O) groups excluding carboxylic acids is 2. The number of thiophene rings is 1. The molecule has 7 heteroatoms. The summed E-state index contributed by atoms with van der Waals surface area (Å²) in [6.45, 7) is 8.87. The van der Waals surface area contributed by atoms with Gasteiger partial charge in [-0.2, -0.15) is 0 Å². The van der Waals surface area contributed by atoms with Crippen molar-refractivity contribution in [1.29, 1.82) is 0 Å². The lowest BCUT2D eigenvalue weighted by molar-refractivity contribution is -0.117. The summed E-state index contributed by atoms with van der Waals surface area (Å²) in [7, 11) is 0. The fraction of sp³-hybridized carbons (Fsp3) is 0.429. The van der Waals surface area contributed by atoms with E-state index in [0.717, 1.165) is 25.2 Å². The van der Waals surface area contributed by atoms with Crippen LogP contribution in [0.15, 0.2) is 35.7 Å². The second-order valence-electron chi connectivity index (χ2n) is 7.94. The Bertz CT molecular complexity index is 839. The van der Waals surface area contributed by atoms with Crippen molar-refractivity contribution >= 4 is 34.7 Å². The molecule has 1 unspecified atom stereocenters. The Morgan fingerprint density at radius 3 is 2.57 bits per heavy atom. The van der Waals surface area contributed by atoms with Gasteiger partial charge in [0.1, 0.15) is 11.6 Å². The number of carbonyl (C=O) groups is 2. The molecule has 1 aromatic heterocycles. The van der Waals surface area contributed by atoms with Gasteiger partial charge in [0.05, 0.1) is 0 Å². The van der Waals surface area contributed by atoms with Gasteiger partial charge in [0, 0.05) is 29.3 Å². The van der Waals surface area contributed by atoms with Crippen LogP contribution in [-0.2, 0) is 22.5 Å². The average molecular weight is 402 g/mol. The van der Waals surface area contributed by atoms with Crippen molar-refractivity contribution in [1.82, 2.24) is 5.32 Å². The van der Waals surface area contributed by atoms with Crippen molar-refractivity contribution in [2.24, 2.45) is 0 Å². The minimum absolute atomic E-state index is 0.292. The number of fused-ring (bicyclic) bond motifs is 1. The zero-order chi connectivity index (χ0) is 20.3. The van der Waals surface area contributed by atoms with Gasteiger partial charge in [-0.1, -0.05) is 0 Å². The van der Waals surface area contributed by atoms with Gasteiger partial charge in [-0.3, -0.25) is 4.79 Å². The van der Waals surface area contributed by atoms with Crippen LogP contribution in [0.2, 0.25) is 0 Å². The third-order valence-electron chi connectivity index (χ3n) is 4.43. The molecule has 0 saturated heterocycles. The molecule has 2 amide bonds. The van der Waals surface area contributed by atoms with Crippen molar-refractivity contribution < 1.29 is 14.3 Å². The molecule has 2 aromatic rings. The molecule has 2 heterocycles. The van der Waals surface area contributed by atoms with Gasteiger partial charge in [0.25, 0.3) is 0 Å². The lowest BCUT2D eigenvalue weighted by Crippen LogP contribution is -2.43. The van der Waals surface area contributed by atoms with Crippen molar-refractivity contribution in [2.75, 3.05) is 16.8 Å². The summed E-state index contributed by atoms with van der Waals surface area (Å²) in [5.41, 5.74) is 2.62. The molecule has 150 valence electrons. The summed E-state index contributed by atoms with van der Waals surface area (Å²) in [4.78, 5) is 27.9. The number of hydrogen-bond acceptors (Lipinski definition) is 5. The van der Waals surface area contributed by atoms with E-state index in [1.165, 1.54) is 10.4 Å². The topological polar surface area (TPSA) is 70.7 Å². The highest BCUT2D eigenvalue weighted by atomic mass is 32.1. The highest BCUT2D eigenvalue weighted by molar-refractivity contribution is 7.10. The predicted octanol–water partition coefficient (Wildman–Crippen LogP) is 4.16. The van der Waals surface area contributed by atoms with E-state index in [-0.39, 0.29) is 5.91 Å². The summed E-state index contributed by atoms with van der Waals surface area (Å²) in [6.07, 6.45) is 0.461. The van der Waals surface area contributed by atoms with Gasteiger partial charge >= 0.3 is 6.09 Å². The van der Waals surface area contributed by atoms with E-state index in [4.69, 9.17) is 4.74 Å². The highest BCUT2D eigenvalue weighted by Gasteiger charge is 2.21. The Hall–Kier alpha value is -2.54. The Morgan fingerprint density at radius 2 is 1.89 bits per heavy atom. The van der Waals surface area contributed by atoms with Crippen LogP contribution in [0.4, 0.5) is 16.2 Å². The molecule has 0 spiro atoms. The van der Waals surface area contributed by atoms with Crippen LogP contribution < -0.4 is 15.5 Å². The Morgan fingerprint density at radius 1 is 1.18 bits per heavy atom. The summed E-state index contributed by atoms with van der Waals surface area (Å²) in [6, 6.07) is 9.29. The van der Waals surface area contributed by atoms with Crippen molar-refractivity contribution in [3.05, 3.63) is 46.2 Å². The molecule has 1 atom stereocenters. The molecule has 0 saturated carbocycles. The summed E-state index contributed by atoms with van der Waals surface area (Å²) < 4.78 is 5.18. The van der Waals surface area contributed by atoms with Gasteiger partial charge in [0.15, 0.2) is 0 Å². The number of hydrogen-bond donors (Lipinski definition) is 2. The van der Waals surface area contributed by atoms with Crippen LogP contribution in [-0.4, -0.2) is 30.2 Å². The van der Waals surface area contributed by atoms with E-state index in [0.29, 0.717) is 5.69 Å². The summed E-state index contributed by atoms with van der Waals surface area (Å²) in [5.74, 6) is -0.292. The van der Waals surface area contributed by atoms with Gasteiger partial charge < -0.3 is 20.3 Å². The maximum atomic E-state index is 12.3. The minimum Gasteiger partial charge on any atom is -0.444 e. The number of amides is 2. The van der Waals surface area contributed by atoms with E-state index in [1.54, 1.807) is 27.7 Å². The highest BCUT2D eigenvalue weighted by Crippen LogP contribution is 2.28. The molecule has 28 heavy (non-hydrogen) atoms. The monoisotopic (exact) mass is 401 g/mol. The number of anilines is 2. The summed E-state index contributed by atoms with van der Waals surface area (Å²) >= 11 is 1.83. The van der Waals surface area contributed by atoms with E-state index in [9.17, 15) is 9.59 Å². The van der Waals surface area contributed by atoms with Gasteiger partial charge in [-0.05, 0) is 75.4 Å². The quantitative estimate of drug-likeness (QED) is 0.807. The number of nitrogens with one attached hydrogen (secondary N) is 2. The fourth-order valence-electron chi connectivity index (χ4n) is 3.02. The lowest BCUT2D eigenvalue weighted by Gasteiger charge is -2.29. The van der Waals surface area contributed by atoms with E-state index in [2.05, 4.69) is 27.0 Å². The van der Waals surface area contributed by atoms with Crippen molar-refractivity contribution in [3.63, 3.8) is 0 Å². The van der Waals surface area contributed by atoms with Crippen LogP contribution in [0.1, 0.15) is 38.1 Å². The molecule has 3 rings (SSSR count). The maximum Gasteiger partial charge on any atom is 0.408 e. The van der Waals surface area contributed by atoms with Gasteiger partial charge in [-0.15, -0.1) is 11.3 Å². The molecule has 6 nitrogen and oxygen atoms in total. The average Bonchev–Trinajstić information content (AvgIpc) is 3.08. The van der Waals surface area contributed by atoms with E-state index in [1.807, 2.05) is 35.6 Å². The smallest absolute Gasteiger partial charge is 0.408 e. The molecule has 2 N–H and O–H groups in total. The second-order valence-corrected chi connectivity index (χ2v) is 8.95. The molecule has 1 aliphatic rings. The molecule has 1 aliphatic heterocycles. The van der Waals surface area contributed by atoms with E-state index >= 15 is 0 Å². The van der Waals surface area contributed by atoms with Gasteiger partial charge in [0.2, 0.25) is 5.91 Å². The number of alkyl carbamates (subject to hydrolysis) is 1. The Balaban J connectivity index is 1.54. The minimum atomic E-state index is -0.700. The first kappa shape index (κ1) is 20.2. The van der Waals surface area contributed by atoms with Crippen LogP contribution in [0, 0.1) is 0 Å². The normalized spacial score (nSPS) is 14.8. The molecule has 0 aliphatic carbocycles. The molecule has 0 bridgehead atoms. The maximum absolute atomic E-state index is 12.3. The summed E-state index contributed by atoms with van der Waals surface area (Å²) in [5, 5.41) is 7.52. The molecule has 0 radical (unpaired) electrons. The first-order valence-corrected chi connectivity index (χ1v) is 10.3. The third kappa shape index (κ3) is 5.25. The molecule has 1 aromatic carbocycles. The second kappa shape index (κ2) is 8.22.